The van der Waals surface area contributed by atoms with Crippen molar-refractivity contribution >= 4 is 44.2 Å². The zero-order chi connectivity index (χ0) is 23.0. The van der Waals surface area contributed by atoms with Crippen molar-refractivity contribution in [3.05, 3.63) is 58.2 Å². The Labute approximate surface area is 205 Å². The fourth-order valence-corrected chi connectivity index (χ4v) is 5.96. The number of halogens is 1. The van der Waals surface area contributed by atoms with Crippen LogP contribution >= 0.6 is 22.6 Å². The number of likely N-dealkylation sites (tertiary alicyclic amines) is 1. The van der Waals surface area contributed by atoms with Crippen molar-refractivity contribution in [3.63, 3.8) is 0 Å². The van der Waals surface area contributed by atoms with Crippen molar-refractivity contribution in [1.82, 2.24) is 10.2 Å². The van der Waals surface area contributed by atoms with E-state index < -0.39 is 10.0 Å². The molecule has 1 unspecified atom stereocenters. The Kier molecular flexibility index (Phi) is 9.36. The second-order valence-corrected chi connectivity index (χ2v) is 11.2. The highest BCUT2D eigenvalue weighted by atomic mass is 127. The molecule has 0 aromatic heterocycles. The minimum absolute atomic E-state index is 0.169. The first-order valence-electron chi connectivity index (χ1n) is 11.3. The van der Waals surface area contributed by atoms with Crippen LogP contribution in [-0.4, -0.2) is 51.4 Å². The fraction of sp³-hybridized carbons (Fsp3) is 0.458. The standard InChI is InChI=1S/C24H32IN3O3S/c1-2-21-9-6-7-17-27(21)18-8-16-26-24(29)19-28(22-14-12-20(25)13-15-22)32(30,31)23-10-4-3-5-11-23/h3-5,10-15,21H,2,6-9,16-19H2,1H3,(H,26,29). The van der Waals surface area contributed by atoms with Crippen LogP contribution in [0.5, 0.6) is 0 Å². The quantitative estimate of drug-likeness (QED) is 0.343. The summed E-state index contributed by atoms with van der Waals surface area (Å²) in [5.74, 6) is -0.297. The highest BCUT2D eigenvalue weighted by Gasteiger charge is 2.27. The van der Waals surface area contributed by atoms with E-state index >= 15 is 0 Å². The Balaban J connectivity index is 1.63. The Morgan fingerprint density at radius 2 is 1.84 bits per heavy atom. The second kappa shape index (κ2) is 12.0. The van der Waals surface area contributed by atoms with E-state index in [4.69, 9.17) is 0 Å². The normalized spacial score (nSPS) is 17.1. The van der Waals surface area contributed by atoms with Crippen LogP contribution in [0.1, 0.15) is 39.0 Å². The Morgan fingerprint density at radius 1 is 1.12 bits per heavy atom. The van der Waals surface area contributed by atoms with E-state index in [2.05, 4.69) is 39.7 Å². The first-order valence-corrected chi connectivity index (χ1v) is 13.8. The monoisotopic (exact) mass is 569 g/mol. The van der Waals surface area contributed by atoms with E-state index in [9.17, 15) is 13.2 Å². The van der Waals surface area contributed by atoms with Gasteiger partial charge >= 0.3 is 0 Å². The lowest BCUT2D eigenvalue weighted by Gasteiger charge is -2.35. The van der Waals surface area contributed by atoms with Crippen LogP contribution in [0, 0.1) is 3.57 Å². The molecule has 32 heavy (non-hydrogen) atoms. The summed E-state index contributed by atoms with van der Waals surface area (Å²) >= 11 is 2.17. The highest BCUT2D eigenvalue weighted by Crippen LogP contribution is 2.24. The molecule has 1 N–H and O–H groups in total. The largest absolute Gasteiger partial charge is 0.354 e. The molecule has 1 aliphatic rings. The molecule has 0 bridgehead atoms. The maximum atomic E-state index is 13.3. The summed E-state index contributed by atoms with van der Waals surface area (Å²) in [6, 6.07) is 16.0. The number of benzene rings is 2. The minimum Gasteiger partial charge on any atom is -0.354 e. The molecule has 0 radical (unpaired) electrons. The van der Waals surface area contributed by atoms with Gasteiger partial charge in [0.1, 0.15) is 6.54 Å². The van der Waals surface area contributed by atoms with Crippen molar-refractivity contribution in [2.45, 2.75) is 50.0 Å². The summed E-state index contributed by atoms with van der Waals surface area (Å²) in [6.45, 7) is 4.61. The molecule has 0 spiro atoms. The van der Waals surface area contributed by atoms with Gasteiger partial charge in [0, 0.05) is 22.7 Å². The average molecular weight is 570 g/mol. The molecule has 1 heterocycles. The molecule has 174 valence electrons. The lowest BCUT2D eigenvalue weighted by atomic mass is 10.00. The average Bonchev–Trinajstić information content (AvgIpc) is 2.81. The van der Waals surface area contributed by atoms with Crippen molar-refractivity contribution < 1.29 is 13.2 Å². The molecule has 1 fully saturated rings. The molecule has 1 saturated heterocycles. The van der Waals surface area contributed by atoms with E-state index in [1.54, 1.807) is 42.5 Å². The molecule has 1 amide bonds. The fourth-order valence-electron chi connectivity index (χ4n) is 4.16. The maximum absolute atomic E-state index is 13.3. The Hall–Kier alpha value is -1.65. The summed E-state index contributed by atoms with van der Waals surface area (Å²) < 4.78 is 28.8. The first kappa shape index (κ1) is 25.0. The van der Waals surface area contributed by atoms with E-state index in [1.807, 2.05) is 12.1 Å². The van der Waals surface area contributed by atoms with Crippen LogP contribution in [0.25, 0.3) is 0 Å². The highest BCUT2D eigenvalue weighted by molar-refractivity contribution is 14.1. The number of carbonyl (C=O) groups is 1. The zero-order valence-corrected chi connectivity index (χ0v) is 21.5. The van der Waals surface area contributed by atoms with Gasteiger partial charge in [0.15, 0.2) is 0 Å². The molecular formula is C24H32IN3O3S. The van der Waals surface area contributed by atoms with Gasteiger partial charge in [-0.05, 0) is 91.2 Å². The predicted octanol–water partition coefficient (Wildman–Crippen LogP) is 4.26. The van der Waals surface area contributed by atoms with Crippen molar-refractivity contribution in [1.29, 1.82) is 0 Å². The molecule has 1 atom stereocenters. The van der Waals surface area contributed by atoms with E-state index in [0.717, 1.165) is 29.5 Å². The molecule has 8 heteroatoms. The van der Waals surface area contributed by atoms with Crippen LogP contribution in [0.3, 0.4) is 0 Å². The summed E-state index contributed by atoms with van der Waals surface area (Å²) in [5, 5.41) is 2.92. The van der Waals surface area contributed by atoms with E-state index in [1.165, 1.54) is 23.6 Å². The summed E-state index contributed by atoms with van der Waals surface area (Å²) in [4.78, 5) is 15.4. The number of hydrogen-bond donors (Lipinski definition) is 1. The summed E-state index contributed by atoms with van der Waals surface area (Å²) in [6.07, 6.45) is 5.82. The molecular weight excluding hydrogens is 537 g/mol. The van der Waals surface area contributed by atoms with Gasteiger partial charge in [-0.1, -0.05) is 31.5 Å². The van der Waals surface area contributed by atoms with Gasteiger partial charge in [-0.25, -0.2) is 8.42 Å². The van der Waals surface area contributed by atoms with Gasteiger partial charge in [0.05, 0.1) is 10.6 Å². The number of rotatable bonds is 10. The third-order valence-electron chi connectivity index (χ3n) is 5.90. The number of carbonyl (C=O) groups excluding carboxylic acids is 1. The SMILES string of the molecule is CCC1CCCCN1CCCNC(=O)CN(c1ccc(I)cc1)S(=O)(=O)c1ccccc1. The smallest absolute Gasteiger partial charge is 0.264 e. The van der Waals surface area contributed by atoms with Gasteiger partial charge in [0.25, 0.3) is 10.0 Å². The van der Waals surface area contributed by atoms with Crippen LogP contribution < -0.4 is 9.62 Å². The lowest BCUT2D eigenvalue weighted by Crippen LogP contribution is -2.43. The molecule has 0 aliphatic carbocycles. The zero-order valence-electron chi connectivity index (χ0n) is 18.5. The third-order valence-corrected chi connectivity index (χ3v) is 8.40. The summed E-state index contributed by atoms with van der Waals surface area (Å²) in [5.41, 5.74) is 0.475. The number of nitrogens with one attached hydrogen (secondary N) is 1. The number of amides is 1. The molecule has 2 aromatic rings. The molecule has 6 nitrogen and oxygen atoms in total. The summed E-state index contributed by atoms with van der Waals surface area (Å²) in [7, 11) is -3.86. The number of nitrogens with zero attached hydrogens (tertiary/aromatic N) is 2. The number of piperidine rings is 1. The molecule has 0 saturated carbocycles. The molecule has 1 aliphatic heterocycles. The van der Waals surface area contributed by atoms with Gasteiger partial charge in [-0.15, -0.1) is 0 Å². The third kappa shape index (κ3) is 6.68. The number of hydrogen-bond acceptors (Lipinski definition) is 4. The van der Waals surface area contributed by atoms with Crippen molar-refractivity contribution in [2.24, 2.45) is 0 Å². The van der Waals surface area contributed by atoms with E-state index in [0.29, 0.717) is 18.3 Å². The van der Waals surface area contributed by atoms with Gasteiger partial charge in [-0.2, -0.15) is 0 Å². The predicted molar refractivity (Wildman–Crippen MR) is 137 cm³/mol. The van der Waals surface area contributed by atoms with Crippen LogP contribution in [0.4, 0.5) is 5.69 Å². The topological polar surface area (TPSA) is 69.7 Å². The van der Waals surface area contributed by atoms with Crippen molar-refractivity contribution in [2.75, 3.05) is 30.5 Å². The van der Waals surface area contributed by atoms with Crippen LogP contribution in [0.15, 0.2) is 59.5 Å². The van der Waals surface area contributed by atoms with Gasteiger partial charge < -0.3 is 10.2 Å². The molecule has 3 rings (SSSR count). The van der Waals surface area contributed by atoms with Crippen molar-refractivity contribution in [3.8, 4) is 0 Å². The lowest BCUT2D eigenvalue weighted by molar-refractivity contribution is -0.119. The van der Waals surface area contributed by atoms with E-state index in [-0.39, 0.29) is 17.3 Å². The Bertz CT molecular complexity index is 968. The van der Waals surface area contributed by atoms with Gasteiger partial charge in [0.2, 0.25) is 5.91 Å². The first-order chi connectivity index (χ1) is 15.4. The van der Waals surface area contributed by atoms with Gasteiger partial charge in [-0.3, -0.25) is 9.10 Å². The van der Waals surface area contributed by atoms with Crippen LogP contribution in [0.2, 0.25) is 0 Å². The van der Waals surface area contributed by atoms with Crippen LogP contribution in [-0.2, 0) is 14.8 Å². The number of anilines is 1. The second-order valence-electron chi connectivity index (χ2n) is 8.10. The maximum Gasteiger partial charge on any atom is 0.264 e. The number of sulfonamides is 1. The minimum atomic E-state index is -3.86. The molecule has 2 aromatic carbocycles. The Morgan fingerprint density at radius 3 is 2.53 bits per heavy atom.